The second-order valence-corrected chi connectivity index (χ2v) is 12.4. The normalized spacial score (nSPS) is 11.5. The van der Waals surface area contributed by atoms with E-state index in [0.29, 0.717) is 0 Å². The van der Waals surface area contributed by atoms with Gasteiger partial charge in [-0.3, -0.25) is 4.79 Å². The molecule has 0 aliphatic heterocycles. The van der Waals surface area contributed by atoms with Gasteiger partial charge in [0.05, 0.1) is 0 Å². The van der Waals surface area contributed by atoms with E-state index in [-0.39, 0.29) is 5.97 Å². The van der Waals surface area contributed by atoms with E-state index >= 15 is 0 Å². The first kappa shape index (κ1) is 26.4. The Kier molecular flexibility index (Phi) is 7.53. The lowest BCUT2D eigenvalue weighted by Gasteiger charge is -2.42. The monoisotopic (exact) mass is 550 g/mol. The third-order valence-corrected chi connectivity index (χ3v) is 10.4. The number of benzene rings is 6. The quantitative estimate of drug-likeness (QED) is 0.198. The number of hydrogen-bond donors (Lipinski definition) is 0. The smallest absolute Gasteiger partial charge is 0.313 e. The van der Waals surface area contributed by atoms with Crippen molar-refractivity contribution in [3.05, 3.63) is 164 Å². The van der Waals surface area contributed by atoms with Crippen LogP contribution in [0.2, 0.25) is 0 Å². The van der Waals surface area contributed by atoms with E-state index in [1.165, 1.54) is 6.92 Å². The minimum atomic E-state index is -2.54. The van der Waals surface area contributed by atoms with Gasteiger partial charge in [-0.05, 0) is 80.1 Å². The molecule has 6 rings (SSSR count). The van der Waals surface area contributed by atoms with Crippen molar-refractivity contribution in [2.24, 2.45) is 0 Å². The summed E-state index contributed by atoms with van der Waals surface area (Å²) in [5, 5.41) is 0. The molecule has 6 aromatic carbocycles. The van der Waals surface area contributed by atoms with Gasteiger partial charge in [-0.1, -0.05) is 127 Å². The maximum absolute atomic E-state index is 13.2. The minimum Gasteiger partial charge on any atom is -0.402 e. The van der Waals surface area contributed by atoms with Crippen LogP contribution in [-0.2, 0) is 8.98 Å². The Labute approximate surface area is 243 Å². The van der Waals surface area contributed by atoms with Crippen LogP contribution >= 0.6 is 10.3 Å². The molecular weight excluding hydrogens is 520 g/mol. The number of rotatable bonds is 7. The van der Waals surface area contributed by atoms with E-state index in [0.717, 1.165) is 48.1 Å². The van der Waals surface area contributed by atoms with Crippen molar-refractivity contribution in [3.8, 4) is 33.4 Å². The second-order valence-electron chi connectivity index (χ2n) is 9.76. The average Bonchev–Trinajstić information content (AvgIpc) is 3.05. The van der Waals surface area contributed by atoms with Crippen molar-refractivity contribution in [2.45, 2.75) is 21.6 Å². The molecule has 0 amide bonds. The lowest BCUT2D eigenvalue weighted by atomic mass is 9.93. The molecular formula is C38H30O2S. The van der Waals surface area contributed by atoms with Crippen LogP contribution in [-0.4, -0.2) is 5.97 Å². The molecule has 0 aliphatic rings. The molecule has 41 heavy (non-hydrogen) atoms. The molecule has 0 unspecified atom stereocenters. The minimum absolute atomic E-state index is 0.321. The van der Waals surface area contributed by atoms with Gasteiger partial charge in [0.15, 0.2) is 0 Å². The summed E-state index contributed by atoms with van der Waals surface area (Å²) in [4.78, 5) is 16.1. The Hall–Kier alpha value is -4.86. The first-order chi connectivity index (χ1) is 20.2. The fraction of sp³-hybridized carbons (Fsp3) is 0.0263. The van der Waals surface area contributed by atoms with Crippen molar-refractivity contribution >= 4 is 16.3 Å². The van der Waals surface area contributed by atoms with Crippen LogP contribution in [0.1, 0.15) is 6.92 Å². The van der Waals surface area contributed by atoms with Crippen LogP contribution in [0.3, 0.4) is 0 Å². The van der Waals surface area contributed by atoms with Gasteiger partial charge in [0.1, 0.15) is 0 Å². The Morgan fingerprint density at radius 1 is 0.463 bits per heavy atom. The molecule has 0 saturated carbocycles. The Morgan fingerprint density at radius 3 is 1.17 bits per heavy atom. The maximum atomic E-state index is 13.2. The summed E-state index contributed by atoms with van der Waals surface area (Å²) < 4.78 is 6.71. The van der Waals surface area contributed by atoms with E-state index in [1.54, 1.807) is 0 Å². The van der Waals surface area contributed by atoms with E-state index in [4.69, 9.17) is 4.18 Å². The lowest BCUT2D eigenvalue weighted by Crippen LogP contribution is -2.13. The fourth-order valence-corrected chi connectivity index (χ4v) is 8.74. The topological polar surface area (TPSA) is 26.3 Å². The number of carbonyl (C=O) groups is 1. The Morgan fingerprint density at radius 2 is 0.805 bits per heavy atom. The van der Waals surface area contributed by atoms with Gasteiger partial charge in [0.25, 0.3) is 0 Å². The van der Waals surface area contributed by atoms with Crippen molar-refractivity contribution in [1.82, 2.24) is 0 Å². The van der Waals surface area contributed by atoms with Gasteiger partial charge >= 0.3 is 5.97 Å². The lowest BCUT2D eigenvalue weighted by molar-refractivity contribution is -0.131. The zero-order valence-corrected chi connectivity index (χ0v) is 23.6. The highest BCUT2D eigenvalue weighted by molar-refractivity contribution is 8.30. The first-order valence-corrected chi connectivity index (χ1v) is 15.2. The molecule has 3 heteroatoms. The van der Waals surface area contributed by atoms with Crippen molar-refractivity contribution in [3.63, 3.8) is 0 Å². The molecule has 0 N–H and O–H groups in total. The highest BCUT2D eigenvalue weighted by atomic mass is 32.3. The van der Waals surface area contributed by atoms with Crippen molar-refractivity contribution in [1.29, 1.82) is 0 Å². The molecule has 0 atom stereocenters. The molecule has 6 aromatic rings. The van der Waals surface area contributed by atoms with Crippen LogP contribution < -0.4 is 0 Å². The number of carbonyl (C=O) groups excluding carboxylic acids is 1. The zero-order chi connectivity index (χ0) is 28.1. The Balaban J connectivity index is 1.83. The van der Waals surface area contributed by atoms with Crippen LogP contribution in [0.25, 0.3) is 33.4 Å². The van der Waals surface area contributed by atoms with E-state index in [2.05, 4.69) is 109 Å². The van der Waals surface area contributed by atoms with E-state index < -0.39 is 10.3 Å². The van der Waals surface area contributed by atoms with Gasteiger partial charge in [0.2, 0.25) is 0 Å². The zero-order valence-electron chi connectivity index (χ0n) is 22.8. The molecule has 0 radical (unpaired) electrons. The van der Waals surface area contributed by atoms with E-state index in [1.807, 2.05) is 54.6 Å². The van der Waals surface area contributed by atoms with Gasteiger partial charge < -0.3 is 4.18 Å². The molecule has 0 saturated heterocycles. The third-order valence-electron chi connectivity index (χ3n) is 7.05. The predicted octanol–water partition coefficient (Wildman–Crippen LogP) is 10.4. The SMILES string of the molecule is CC(=O)OS(c1ccccc1)(c1ccccc1)c1c(-c2ccccc2)cc(-c2ccccc2)cc1-c1ccccc1. The van der Waals surface area contributed by atoms with Gasteiger partial charge in [-0.25, -0.2) is 0 Å². The summed E-state index contributed by atoms with van der Waals surface area (Å²) >= 11 is 0. The van der Waals surface area contributed by atoms with E-state index in [9.17, 15) is 4.79 Å². The fourth-order valence-electron chi connectivity index (χ4n) is 5.31. The first-order valence-electron chi connectivity index (χ1n) is 13.6. The molecule has 0 heterocycles. The van der Waals surface area contributed by atoms with Gasteiger partial charge in [0, 0.05) is 21.6 Å². The highest BCUT2D eigenvalue weighted by Gasteiger charge is 2.39. The van der Waals surface area contributed by atoms with Crippen LogP contribution in [0.5, 0.6) is 0 Å². The summed E-state index contributed by atoms with van der Waals surface area (Å²) in [5.74, 6) is -0.321. The summed E-state index contributed by atoms with van der Waals surface area (Å²) in [6.07, 6.45) is 0. The molecule has 0 spiro atoms. The van der Waals surface area contributed by atoms with Crippen molar-refractivity contribution < 1.29 is 8.98 Å². The van der Waals surface area contributed by atoms with Gasteiger partial charge in [-0.15, -0.1) is 0 Å². The average molecular weight is 551 g/mol. The van der Waals surface area contributed by atoms with Crippen LogP contribution in [0.4, 0.5) is 0 Å². The highest BCUT2D eigenvalue weighted by Crippen LogP contribution is 2.73. The molecule has 2 nitrogen and oxygen atoms in total. The molecule has 200 valence electrons. The maximum Gasteiger partial charge on any atom is 0.313 e. The van der Waals surface area contributed by atoms with Crippen LogP contribution in [0.15, 0.2) is 178 Å². The molecule has 0 bridgehead atoms. The summed E-state index contributed by atoms with van der Waals surface area (Å²) in [5.41, 5.74) is 6.43. The van der Waals surface area contributed by atoms with Crippen molar-refractivity contribution in [2.75, 3.05) is 0 Å². The summed E-state index contributed by atoms with van der Waals surface area (Å²) in [6.45, 7) is 1.51. The molecule has 0 fully saturated rings. The summed E-state index contributed by atoms with van der Waals surface area (Å²) in [6, 6.07) is 56.2. The second kappa shape index (κ2) is 11.7. The third kappa shape index (κ3) is 5.20. The molecule has 0 aliphatic carbocycles. The Bertz CT molecular complexity index is 1650. The largest absolute Gasteiger partial charge is 0.402 e. The van der Waals surface area contributed by atoms with Crippen LogP contribution in [0, 0.1) is 0 Å². The standard InChI is InChI=1S/C38H30O2S/c1-29(39)40-41(34-23-13-5-14-24-34,35-25-15-6-16-26-35)38-36(31-19-9-3-10-20-31)27-33(30-17-7-2-8-18-30)28-37(38)32-21-11-4-12-22-32/h2-28H,1H3. The van der Waals surface area contributed by atoms with Gasteiger partial charge in [-0.2, -0.15) is 0 Å². The number of hydrogen-bond acceptors (Lipinski definition) is 2. The molecule has 0 aromatic heterocycles. The predicted molar refractivity (Wildman–Crippen MR) is 170 cm³/mol. The summed E-state index contributed by atoms with van der Waals surface area (Å²) in [7, 11) is -2.54.